The Kier molecular flexibility index (Phi) is 7.43. The molecule has 0 amide bonds. The van der Waals surface area contributed by atoms with Crippen molar-refractivity contribution in [2.24, 2.45) is 7.05 Å². The number of ketones is 1. The van der Waals surface area contributed by atoms with E-state index in [0.717, 1.165) is 51.3 Å². The van der Waals surface area contributed by atoms with Crippen LogP contribution in [0.4, 0.5) is 0 Å². The standard InChI is InChI=1S/C25H34N6O3/c1-5-8-19-22-23(29(4)28-19)25(33)27-24(26-22)18-15-17(9-10-21(18)34-7-3)20(32)16-31-13-11-30(6-2)12-14-31/h9-10,15H,5-8,11-14,16H2,1-4H3,(H,26,27,33). The molecule has 0 aliphatic carbocycles. The average molecular weight is 467 g/mol. The third-order valence-corrected chi connectivity index (χ3v) is 6.40. The van der Waals surface area contributed by atoms with Crippen LogP contribution < -0.4 is 10.3 Å². The van der Waals surface area contributed by atoms with Gasteiger partial charge in [-0.05, 0) is 38.1 Å². The molecule has 0 bridgehead atoms. The van der Waals surface area contributed by atoms with Gasteiger partial charge in [0.1, 0.15) is 11.6 Å². The topological polar surface area (TPSA) is 96.3 Å². The number of hydrogen-bond donors (Lipinski definition) is 1. The first-order valence-corrected chi connectivity index (χ1v) is 12.2. The van der Waals surface area contributed by atoms with Crippen LogP contribution in [0.3, 0.4) is 0 Å². The molecule has 0 spiro atoms. The summed E-state index contributed by atoms with van der Waals surface area (Å²) in [5.74, 6) is 1.02. The molecule has 1 fully saturated rings. The Bertz CT molecular complexity index is 1220. The normalized spacial score (nSPS) is 15.2. The second-order valence-corrected chi connectivity index (χ2v) is 8.71. The molecular weight excluding hydrogens is 432 g/mol. The molecule has 3 heterocycles. The molecule has 0 unspecified atom stereocenters. The maximum absolute atomic E-state index is 13.1. The zero-order valence-corrected chi connectivity index (χ0v) is 20.6. The van der Waals surface area contributed by atoms with Crippen LogP contribution >= 0.6 is 0 Å². The fourth-order valence-corrected chi connectivity index (χ4v) is 4.52. The number of carbonyl (C=O) groups is 1. The highest BCUT2D eigenvalue weighted by atomic mass is 16.5. The van der Waals surface area contributed by atoms with Crippen LogP contribution in [0.5, 0.6) is 5.75 Å². The van der Waals surface area contributed by atoms with E-state index >= 15 is 0 Å². The molecule has 1 aromatic carbocycles. The summed E-state index contributed by atoms with van der Waals surface area (Å²) in [6.45, 7) is 11.7. The number of fused-ring (bicyclic) bond motifs is 1. The van der Waals surface area contributed by atoms with Gasteiger partial charge >= 0.3 is 0 Å². The van der Waals surface area contributed by atoms with E-state index < -0.39 is 0 Å². The van der Waals surface area contributed by atoms with E-state index in [1.165, 1.54) is 0 Å². The van der Waals surface area contributed by atoms with Crippen molar-refractivity contribution in [1.82, 2.24) is 29.5 Å². The van der Waals surface area contributed by atoms with E-state index in [1.54, 1.807) is 29.9 Å². The van der Waals surface area contributed by atoms with Crippen molar-refractivity contribution < 1.29 is 9.53 Å². The van der Waals surface area contributed by atoms with Gasteiger partial charge in [0, 0.05) is 38.8 Å². The number of hydrogen-bond acceptors (Lipinski definition) is 7. The lowest BCUT2D eigenvalue weighted by Crippen LogP contribution is -2.47. The van der Waals surface area contributed by atoms with Crippen LogP contribution in [0, 0.1) is 0 Å². The molecule has 4 rings (SSSR count). The maximum Gasteiger partial charge on any atom is 0.299 e. The Labute approximate surface area is 199 Å². The Balaban J connectivity index is 1.69. The summed E-state index contributed by atoms with van der Waals surface area (Å²) in [6, 6.07) is 5.37. The predicted molar refractivity (Wildman–Crippen MR) is 133 cm³/mol. The van der Waals surface area contributed by atoms with E-state index in [-0.39, 0.29) is 11.3 Å². The van der Waals surface area contributed by atoms with E-state index in [4.69, 9.17) is 4.74 Å². The number of rotatable bonds is 9. The Hall–Kier alpha value is -3.04. The first kappa shape index (κ1) is 24.1. The minimum Gasteiger partial charge on any atom is -0.493 e. The molecular formula is C25H34N6O3. The summed E-state index contributed by atoms with van der Waals surface area (Å²) < 4.78 is 7.41. The molecule has 1 aliphatic heterocycles. The van der Waals surface area contributed by atoms with Gasteiger partial charge in [-0.25, -0.2) is 0 Å². The number of ether oxygens (including phenoxy) is 1. The number of carbonyl (C=O) groups excluding carboxylic acids is 1. The fourth-order valence-electron chi connectivity index (χ4n) is 4.52. The summed E-state index contributed by atoms with van der Waals surface area (Å²) in [5, 5.41) is 4.51. The van der Waals surface area contributed by atoms with Crippen LogP contribution in [0.15, 0.2) is 23.0 Å². The molecule has 9 heteroatoms. The van der Waals surface area contributed by atoms with Gasteiger partial charge in [-0.2, -0.15) is 10.1 Å². The van der Waals surface area contributed by atoms with Gasteiger partial charge < -0.3 is 14.6 Å². The van der Waals surface area contributed by atoms with E-state index in [9.17, 15) is 9.59 Å². The molecule has 0 radical (unpaired) electrons. The molecule has 182 valence electrons. The lowest BCUT2D eigenvalue weighted by molar-refractivity contribution is 0.0859. The lowest BCUT2D eigenvalue weighted by atomic mass is 10.0. The minimum atomic E-state index is -0.353. The van der Waals surface area contributed by atoms with Gasteiger partial charge in [0.2, 0.25) is 0 Å². The zero-order chi connectivity index (χ0) is 24.2. The molecule has 0 atom stereocenters. The molecule has 2 aromatic heterocycles. The monoisotopic (exact) mass is 466 g/mol. The van der Waals surface area contributed by atoms with Crippen LogP contribution in [-0.4, -0.2) is 81.2 Å². The summed E-state index contributed by atoms with van der Waals surface area (Å²) in [4.78, 5) is 38.2. The molecule has 34 heavy (non-hydrogen) atoms. The number of Topliss-reactive ketones (excluding diaryl/α,β-unsaturated/α-hetero) is 1. The van der Waals surface area contributed by atoms with Crippen molar-refractivity contribution >= 4 is 16.8 Å². The molecule has 9 nitrogen and oxygen atoms in total. The number of aromatic amines is 1. The number of aromatic nitrogens is 4. The van der Waals surface area contributed by atoms with Crippen LogP contribution in [-0.2, 0) is 13.5 Å². The summed E-state index contributed by atoms with van der Waals surface area (Å²) in [5.41, 5.74) is 2.80. The van der Waals surface area contributed by atoms with Gasteiger partial charge in [-0.15, -0.1) is 0 Å². The van der Waals surface area contributed by atoms with Crippen molar-refractivity contribution in [2.75, 3.05) is 45.9 Å². The van der Waals surface area contributed by atoms with Crippen molar-refractivity contribution in [2.45, 2.75) is 33.6 Å². The second kappa shape index (κ2) is 10.5. The van der Waals surface area contributed by atoms with Gasteiger partial charge in [-0.1, -0.05) is 20.3 Å². The summed E-state index contributed by atoms with van der Waals surface area (Å²) in [7, 11) is 1.75. The number of piperazine rings is 1. The second-order valence-electron chi connectivity index (χ2n) is 8.71. The quantitative estimate of drug-likeness (QED) is 0.484. The molecule has 1 N–H and O–H groups in total. The van der Waals surface area contributed by atoms with Crippen molar-refractivity contribution in [3.63, 3.8) is 0 Å². The van der Waals surface area contributed by atoms with Gasteiger partial charge in [0.25, 0.3) is 5.56 Å². The highest BCUT2D eigenvalue weighted by Gasteiger charge is 2.21. The minimum absolute atomic E-state index is 0.0470. The Morgan fingerprint density at radius 3 is 2.53 bits per heavy atom. The van der Waals surface area contributed by atoms with E-state index in [0.29, 0.717) is 46.9 Å². The number of likely N-dealkylation sites (N-methyl/N-ethyl adjacent to an activating group) is 1. The summed E-state index contributed by atoms with van der Waals surface area (Å²) >= 11 is 0. The SMILES string of the molecule is CCCc1nn(C)c2c(=O)nc(-c3cc(C(=O)CN4CCN(CC)CC4)ccc3OCC)[nH]c12. The van der Waals surface area contributed by atoms with E-state index in [1.807, 2.05) is 6.92 Å². The lowest BCUT2D eigenvalue weighted by Gasteiger charge is -2.33. The first-order valence-electron chi connectivity index (χ1n) is 12.2. The molecule has 3 aromatic rings. The largest absolute Gasteiger partial charge is 0.493 e. The zero-order valence-electron chi connectivity index (χ0n) is 20.6. The Morgan fingerprint density at radius 2 is 1.85 bits per heavy atom. The third-order valence-electron chi connectivity index (χ3n) is 6.40. The number of aryl methyl sites for hydroxylation is 2. The molecule has 0 saturated carbocycles. The van der Waals surface area contributed by atoms with Crippen LogP contribution in [0.25, 0.3) is 22.4 Å². The number of H-pyrrole nitrogens is 1. The number of nitrogens with zero attached hydrogens (tertiary/aromatic N) is 5. The van der Waals surface area contributed by atoms with Gasteiger partial charge in [0.05, 0.1) is 29.9 Å². The first-order chi connectivity index (χ1) is 16.4. The van der Waals surface area contributed by atoms with Gasteiger partial charge in [0.15, 0.2) is 11.3 Å². The average Bonchev–Trinajstić information content (AvgIpc) is 3.15. The fraction of sp³-hybridized carbons (Fsp3) is 0.520. The van der Waals surface area contributed by atoms with Crippen molar-refractivity contribution in [1.29, 1.82) is 0 Å². The third kappa shape index (κ3) is 4.90. The number of nitrogens with one attached hydrogen (secondary N) is 1. The van der Waals surface area contributed by atoms with Crippen molar-refractivity contribution in [3.8, 4) is 17.1 Å². The van der Waals surface area contributed by atoms with Crippen LogP contribution in [0.1, 0.15) is 43.2 Å². The van der Waals surface area contributed by atoms with Gasteiger partial charge in [-0.3, -0.25) is 19.2 Å². The van der Waals surface area contributed by atoms with Crippen LogP contribution in [0.2, 0.25) is 0 Å². The highest BCUT2D eigenvalue weighted by molar-refractivity contribution is 5.99. The predicted octanol–water partition coefficient (Wildman–Crippen LogP) is 2.50. The maximum atomic E-state index is 13.1. The molecule has 1 saturated heterocycles. The summed E-state index contributed by atoms with van der Waals surface area (Å²) in [6.07, 6.45) is 1.66. The Morgan fingerprint density at radius 1 is 1.12 bits per heavy atom. The van der Waals surface area contributed by atoms with Crippen molar-refractivity contribution in [3.05, 3.63) is 39.8 Å². The highest BCUT2D eigenvalue weighted by Crippen LogP contribution is 2.30. The number of benzene rings is 1. The molecule has 1 aliphatic rings. The smallest absolute Gasteiger partial charge is 0.299 e. The van der Waals surface area contributed by atoms with E-state index in [2.05, 4.69) is 38.7 Å².